The topological polar surface area (TPSA) is 74.8 Å². The molecule has 0 spiro atoms. The summed E-state index contributed by atoms with van der Waals surface area (Å²) in [5.74, 6) is -0.494. The Kier molecular flexibility index (Phi) is 3.65. The minimum Gasteiger partial charge on any atom is -0.461 e. The number of hydrogen-bond donors (Lipinski definition) is 0. The third-order valence-corrected chi connectivity index (χ3v) is 4.71. The highest BCUT2D eigenvalue weighted by atomic mass is 79.9. The summed E-state index contributed by atoms with van der Waals surface area (Å²) in [7, 11) is 0. The van der Waals surface area contributed by atoms with Crippen LogP contribution in [0.4, 0.5) is 0 Å². The molecule has 0 N–H and O–H groups in total. The first-order valence-electron chi connectivity index (χ1n) is 7.24. The van der Waals surface area contributed by atoms with Crippen molar-refractivity contribution in [3.63, 3.8) is 0 Å². The standard InChI is InChI=1S/C15H11BrClN5O2/c1-2-24-15(23)13-11-6-12-14(16)18-7-21(12)9-4-3-8(17)5-10(9)22(11)20-19-13/h3-5,7H,2,6H2,1H3. The Bertz CT molecular complexity index is 965. The molecule has 0 bridgehead atoms. The van der Waals surface area contributed by atoms with Crippen molar-refractivity contribution in [1.82, 2.24) is 24.5 Å². The highest BCUT2D eigenvalue weighted by molar-refractivity contribution is 9.10. The van der Waals surface area contributed by atoms with Crippen molar-refractivity contribution < 1.29 is 9.53 Å². The fraction of sp³-hybridized carbons (Fsp3) is 0.200. The van der Waals surface area contributed by atoms with Gasteiger partial charge in [-0.3, -0.25) is 4.57 Å². The molecule has 3 heterocycles. The van der Waals surface area contributed by atoms with E-state index in [0.29, 0.717) is 21.7 Å². The maximum Gasteiger partial charge on any atom is 0.360 e. The summed E-state index contributed by atoms with van der Waals surface area (Å²) in [5.41, 5.74) is 3.31. The van der Waals surface area contributed by atoms with Crippen LogP contribution in [0.3, 0.4) is 0 Å². The number of nitrogens with zero attached hydrogens (tertiary/aromatic N) is 5. The van der Waals surface area contributed by atoms with E-state index in [2.05, 4.69) is 31.2 Å². The van der Waals surface area contributed by atoms with Crippen molar-refractivity contribution in [2.45, 2.75) is 13.3 Å². The molecule has 3 aromatic rings. The van der Waals surface area contributed by atoms with Gasteiger partial charge in [0.25, 0.3) is 0 Å². The quantitative estimate of drug-likeness (QED) is 0.477. The number of aromatic nitrogens is 5. The van der Waals surface area contributed by atoms with E-state index in [-0.39, 0.29) is 12.3 Å². The van der Waals surface area contributed by atoms with E-state index in [4.69, 9.17) is 16.3 Å². The summed E-state index contributed by atoms with van der Waals surface area (Å²) in [6.07, 6.45) is 2.14. The Morgan fingerprint density at radius 1 is 1.38 bits per heavy atom. The van der Waals surface area contributed by atoms with Crippen LogP contribution in [-0.4, -0.2) is 37.1 Å². The van der Waals surface area contributed by atoms with Crippen LogP contribution in [0.25, 0.3) is 11.4 Å². The lowest BCUT2D eigenvalue weighted by molar-refractivity contribution is 0.0518. The van der Waals surface area contributed by atoms with Gasteiger partial charge in [0.1, 0.15) is 10.9 Å². The summed E-state index contributed by atoms with van der Waals surface area (Å²) in [6, 6.07) is 5.47. The number of halogens is 2. The number of carbonyl (C=O) groups excluding carboxylic acids is 1. The average molecular weight is 409 g/mol. The molecule has 0 atom stereocenters. The van der Waals surface area contributed by atoms with Crippen molar-refractivity contribution >= 4 is 33.5 Å². The molecule has 0 amide bonds. The van der Waals surface area contributed by atoms with Crippen molar-refractivity contribution in [2.24, 2.45) is 0 Å². The van der Waals surface area contributed by atoms with Gasteiger partial charge < -0.3 is 4.74 Å². The molecule has 0 unspecified atom stereocenters. The number of esters is 1. The van der Waals surface area contributed by atoms with Crippen LogP contribution in [0.15, 0.2) is 29.1 Å². The second-order valence-electron chi connectivity index (χ2n) is 5.18. The largest absolute Gasteiger partial charge is 0.461 e. The number of carbonyl (C=O) groups is 1. The van der Waals surface area contributed by atoms with E-state index in [1.165, 1.54) is 0 Å². The molecule has 7 nitrogen and oxygen atoms in total. The SMILES string of the molecule is CCOC(=O)c1nnn2c1Cc1c(Br)ncn1-c1ccc(Cl)cc1-2. The maximum absolute atomic E-state index is 12.2. The van der Waals surface area contributed by atoms with E-state index in [9.17, 15) is 4.79 Å². The zero-order chi connectivity index (χ0) is 16.8. The third kappa shape index (κ3) is 2.25. The van der Waals surface area contributed by atoms with Gasteiger partial charge in [0.2, 0.25) is 0 Å². The predicted molar refractivity (Wildman–Crippen MR) is 90.0 cm³/mol. The average Bonchev–Trinajstić information content (AvgIpc) is 3.10. The third-order valence-electron chi connectivity index (χ3n) is 3.81. The Morgan fingerprint density at radius 2 is 2.21 bits per heavy atom. The number of ether oxygens (including phenoxy) is 1. The van der Waals surface area contributed by atoms with E-state index >= 15 is 0 Å². The van der Waals surface area contributed by atoms with E-state index < -0.39 is 5.97 Å². The lowest BCUT2D eigenvalue weighted by Crippen LogP contribution is -2.10. The first kappa shape index (κ1) is 15.3. The zero-order valence-electron chi connectivity index (χ0n) is 12.5. The molecule has 9 heteroatoms. The molecule has 1 aromatic carbocycles. The van der Waals surface area contributed by atoms with Crippen LogP contribution in [0.5, 0.6) is 0 Å². The van der Waals surface area contributed by atoms with Gasteiger partial charge in [-0.1, -0.05) is 16.8 Å². The Balaban J connectivity index is 2.00. The van der Waals surface area contributed by atoms with Gasteiger partial charge in [-0.05, 0) is 41.1 Å². The van der Waals surface area contributed by atoms with Crippen LogP contribution < -0.4 is 0 Å². The Morgan fingerprint density at radius 3 is 3.00 bits per heavy atom. The minimum atomic E-state index is -0.494. The van der Waals surface area contributed by atoms with Gasteiger partial charge in [-0.2, -0.15) is 0 Å². The fourth-order valence-electron chi connectivity index (χ4n) is 2.76. The van der Waals surface area contributed by atoms with E-state index in [1.807, 2.05) is 10.6 Å². The summed E-state index contributed by atoms with van der Waals surface area (Å²) in [6.45, 7) is 2.02. The van der Waals surface area contributed by atoms with Crippen molar-refractivity contribution in [1.29, 1.82) is 0 Å². The van der Waals surface area contributed by atoms with Gasteiger partial charge in [0.05, 0.1) is 29.4 Å². The Hall–Kier alpha value is -2.19. The molecule has 0 saturated carbocycles. The second kappa shape index (κ2) is 5.71. The molecule has 4 rings (SSSR count). The highest BCUT2D eigenvalue weighted by Crippen LogP contribution is 2.33. The number of rotatable bonds is 2. The molecule has 2 aromatic heterocycles. The summed E-state index contributed by atoms with van der Waals surface area (Å²) >= 11 is 9.62. The molecule has 122 valence electrons. The smallest absolute Gasteiger partial charge is 0.360 e. The highest BCUT2D eigenvalue weighted by Gasteiger charge is 2.28. The normalized spacial score (nSPS) is 12.1. The lowest BCUT2D eigenvalue weighted by atomic mass is 10.2. The van der Waals surface area contributed by atoms with Crippen LogP contribution in [-0.2, 0) is 11.2 Å². The van der Waals surface area contributed by atoms with Gasteiger partial charge in [-0.25, -0.2) is 14.5 Å². The molecule has 0 radical (unpaired) electrons. The fourth-order valence-corrected chi connectivity index (χ4v) is 3.35. The second-order valence-corrected chi connectivity index (χ2v) is 6.37. The molecular weight excluding hydrogens is 398 g/mol. The van der Waals surface area contributed by atoms with Gasteiger partial charge in [0, 0.05) is 11.4 Å². The van der Waals surface area contributed by atoms with Crippen LogP contribution in [0, 0.1) is 0 Å². The number of hydrogen-bond acceptors (Lipinski definition) is 5. The lowest BCUT2D eigenvalue weighted by Gasteiger charge is -2.09. The molecular formula is C15H11BrClN5O2. The van der Waals surface area contributed by atoms with Crippen molar-refractivity contribution in [3.8, 4) is 11.4 Å². The maximum atomic E-state index is 12.2. The van der Waals surface area contributed by atoms with Crippen LogP contribution >= 0.6 is 27.5 Å². The Labute approximate surface area is 150 Å². The molecule has 24 heavy (non-hydrogen) atoms. The first-order valence-corrected chi connectivity index (χ1v) is 8.41. The van der Waals surface area contributed by atoms with E-state index in [0.717, 1.165) is 17.1 Å². The molecule has 1 aliphatic rings. The van der Waals surface area contributed by atoms with Gasteiger partial charge in [0.15, 0.2) is 5.69 Å². The monoisotopic (exact) mass is 407 g/mol. The number of fused-ring (bicyclic) bond motifs is 5. The minimum absolute atomic E-state index is 0.198. The molecule has 0 aliphatic carbocycles. The van der Waals surface area contributed by atoms with Gasteiger partial charge >= 0.3 is 5.97 Å². The number of imidazole rings is 1. The van der Waals surface area contributed by atoms with Gasteiger partial charge in [-0.15, -0.1) is 5.10 Å². The van der Waals surface area contributed by atoms with Crippen molar-refractivity contribution in [2.75, 3.05) is 6.61 Å². The predicted octanol–water partition coefficient (Wildman–Crippen LogP) is 2.95. The van der Waals surface area contributed by atoms with Crippen molar-refractivity contribution in [3.05, 3.63) is 51.2 Å². The molecule has 0 fully saturated rings. The summed E-state index contributed by atoms with van der Waals surface area (Å²) in [4.78, 5) is 16.5. The summed E-state index contributed by atoms with van der Waals surface area (Å²) < 4.78 is 9.37. The van der Waals surface area contributed by atoms with Crippen LogP contribution in [0.2, 0.25) is 5.02 Å². The van der Waals surface area contributed by atoms with Crippen LogP contribution in [0.1, 0.15) is 28.8 Å². The summed E-state index contributed by atoms with van der Waals surface area (Å²) in [5, 5.41) is 8.74. The first-order chi connectivity index (χ1) is 11.6. The van der Waals surface area contributed by atoms with E-state index in [1.54, 1.807) is 30.1 Å². The number of benzene rings is 1. The molecule has 1 aliphatic heterocycles. The molecule has 0 saturated heterocycles. The zero-order valence-corrected chi connectivity index (χ0v) is 14.9.